The average molecular weight is 219 g/mol. The lowest BCUT2D eigenvalue weighted by atomic mass is 9.99. The van der Waals surface area contributed by atoms with Crippen molar-refractivity contribution < 1.29 is 5.11 Å². The molecule has 0 spiro atoms. The predicted octanol–water partition coefficient (Wildman–Crippen LogP) is 1.57. The summed E-state index contributed by atoms with van der Waals surface area (Å²) in [6.45, 7) is 0.516. The second-order valence-corrected chi connectivity index (χ2v) is 4.72. The lowest BCUT2D eigenvalue weighted by molar-refractivity contribution is 0.101. The van der Waals surface area contributed by atoms with Gasteiger partial charge in [0.25, 0.3) is 0 Å². The molecule has 0 radical (unpaired) electrons. The molecule has 1 heterocycles. The van der Waals surface area contributed by atoms with Gasteiger partial charge >= 0.3 is 0 Å². The smallest absolute Gasteiger partial charge is 0.145 e. The number of nitrogens with zero attached hydrogens (tertiary/aromatic N) is 1. The second-order valence-electron chi connectivity index (χ2n) is 3.48. The summed E-state index contributed by atoms with van der Waals surface area (Å²) in [5.41, 5.74) is 7.14. The number of aliphatic hydroxyl groups is 1. The van der Waals surface area contributed by atoms with Crippen LogP contribution in [0.15, 0.2) is 5.51 Å². The Kier molecular flexibility index (Phi) is 2.32. The number of nitrogens with two attached hydrogens (primary N) is 1. The summed E-state index contributed by atoms with van der Waals surface area (Å²) in [5.74, 6) is 0. The third-order valence-electron chi connectivity index (χ3n) is 2.68. The van der Waals surface area contributed by atoms with E-state index in [4.69, 9.17) is 17.3 Å². The van der Waals surface area contributed by atoms with E-state index < -0.39 is 6.10 Å². The average Bonchev–Trinajstić information content (AvgIpc) is 2.83. The predicted molar refractivity (Wildman–Crippen MR) is 52.8 cm³/mol. The van der Waals surface area contributed by atoms with Crippen LogP contribution in [0, 0.1) is 5.41 Å². The highest BCUT2D eigenvalue weighted by Gasteiger charge is 2.49. The van der Waals surface area contributed by atoms with Crippen LogP contribution < -0.4 is 5.73 Å². The fourth-order valence-corrected chi connectivity index (χ4v) is 2.59. The zero-order valence-corrected chi connectivity index (χ0v) is 8.61. The van der Waals surface area contributed by atoms with Crippen LogP contribution in [-0.4, -0.2) is 16.6 Å². The molecule has 0 aliphatic heterocycles. The minimum atomic E-state index is -0.530. The van der Waals surface area contributed by atoms with E-state index in [1.165, 1.54) is 11.3 Å². The molecule has 1 aromatic heterocycles. The molecule has 0 aromatic carbocycles. The van der Waals surface area contributed by atoms with E-state index in [0.717, 1.165) is 17.7 Å². The van der Waals surface area contributed by atoms with Gasteiger partial charge in [-0.1, -0.05) is 11.6 Å². The lowest BCUT2D eigenvalue weighted by Gasteiger charge is -2.18. The molecule has 0 amide bonds. The Bertz CT molecular complexity index is 311. The number of thiazole rings is 1. The van der Waals surface area contributed by atoms with E-state index in [-0.39, 0.29) is 5.41 Å². The summed E-state index contributed by atoms with van der Waals surface area (Å²) in [5, 5.41) is 10.4. The fourth-order valence-electron chi connectivity index (χ4n) is 1.45. The van der Waals surface area contributed by atoms with Gasteiger partial charge in [0.2, 0.25) is 0 Å². The molecule has 1 aliphatic carbocycles. The third kappa shape index (κ3) is 1.48. The number of halogens is 1. The Balaban J connectivity index is 2.22. The molecule has 1 fully saturated rings. The maximum absolute atomic E-state index is 9.99. The van der Waals surface area contributed by atoms with E-state index in [0.29, 0.717) is 11.7 Å². The second kappa shape index (κ2) is 3.20. The summed E-state index contributed by atoms with van der Waals surface area (Å²) in [6, 6.07) is 0. The van der Waals surface area contributed by atoms with Crippen molar-refractivity contribution in [3.63, 3.8) is 0 Å². The molecule has 1 atom stereocenters. The minimum Gasteiger partial charge on any atom is -0.387 e. The van der Waals surface area contributed by atoms with Gasteiger partial charge in [0.05, 0.1) is 16.5 Å². The molecule has 1 unspecified atom stereocenters. The number of rotatable bonds is 3. The van der Waals surface area contributed by atoms with Gasteiger partial charge in [-0.3, -0.25) is 0 Å². The molecule has 1 aromatic rings. The summed E-state index contributed by atoms with van der Waals surface area (Å²) >= 11 is 7.22. The van der Waals surface area contributed by atoms with Crippen molar-refractivity contribution in [2.45, 2.75) is 18.9 Å². The Labute approximate surface area is 85.5 Å². The first-order valence-electron chi connectivity index (χ1n) is 4.17. The SMILES string of the molecule is NCC1(C(O)c2scnc2Cl)CC1. The van der Waals surface area contributed by atoms with Gasteiger partial charge in [0.15, 0.2) is 0 Å². The van der Waals surface area contributed by atoms with Crippen molar-refractivity contribution >= 4 is 22.9 Å². The van der Waals surface area contributed by atoms with E-state index >= 15 is 0 Å². The van der Waals surface area contributed by atoms with E-state index in [2.05, 4.69) is 4.98 Å². The first-order chi connectivity index (χ1) is 6.19. The number of hydrogen-bond donors (Lipinski definition) is 2. The highest BCUT2D eigenvalue weighted by atomic mass is 35.5. The molecule has 1 saturated carbocycles. The van der Waals surface area contributed by atoms with Gasteiger partial charge in [0, 0.05) is 12.0 Å². The Hall–Kier alpha value is -0.160. The van der Waals surface area contributed by atoms with Crippen LogP contribution in [0.4, 0.5) is 0 Å². The minimum absolute atomic E-state index is 0.115. The van der Waals surface area contributed by atoms with Gasteiger partial charge in [0.1, 0.15) is 5.15 Å². The monoisotopic (exact) mass is 218 g/mol. The first kappa shape index (κ1) is 9.40. The molecule has 13 heavy (non-hydrogen) atoms. The van der Waals surface area contributed by atoms with Crippen molar-refractivity contribution in [3.8, 4) is 0 Å². The molecule has 3 N–H and O–H groups in total. The van der Waals surface area contributed by atoms with Gasteiger partial charge in [-0.05, 0) is 12.8 Å². The Morgan fingerprint density at radius 3 is 2.85 bits per heavy atom. The largest absolute Gasteiger partial charge is 0.387 e. The van der Waals surface area contributed by atoms with Crippen LogP contribution in [0.1, 0.15) is 23.8 Å². The molecule has 0 bridgehead atoms. The van der Waals surface area contributed by atoms with Crippen molar-refractivity contribution in [2.75, 3.05) is 6.54 Å². The summed E-state index contributed by atoms with van der Waals surface area (Å²) in [6.07, 6.45) is 1.44. The van der Waals surface area contributed by atoms with E-state index in [1.54, 1.807) is 5.51 Å². The molecule has 5 heteroatoms. The van der Waals surface area contributed by atoms with Crippen LogP contribution in [0.2, 0.25) is 5.15 Å². The quantitative estimate of drug-likeness (QED) is 0.810. The molecular formula is C8H11ClN2OS. The Morgan fingerprint density at radius 2 is 2.46 bits per heavy atom. The lowest BCUT2D eigenvalue weighted by Crippen LogP contribution is -2.22. The summed E-state index contributed by atoms with van der Waals surface area (Å²) < 4.78 is 0. The maximum atomic E-state index is 9.99. The number of aliphatic hydroxyl groups excluding tert-OH is 1. The normalized spacial score (nSPS) is 21.5. The van der Waals surface area contributed by atoms with Crippen molar-refractivity contribution in [1.82, 2.24) is 4.98 Å². The molecule has 1 aliphatic rings. The van der Waals surface area contributed by atoms with Crippen LogP contribution in [0.25, 0.3) is 0 Å². The molecule has 2 rings (SSSR count). The third-order valence-corrected chi connectivity index (χ3v) is 3.97. The van der Waals surface area contributed by atoms with Crippen molar-refractivity contribution in [2.24, 2.45) is 11.1 Å². The van der Waals surface area contributed by atoms with Gasteiger partial charge in [-0.25, -0.2) is 4.98 Å². The van der Waals surface area contributed by atoms with Crippen molar-refractivity contribution in [3.05, 3.63) is 15.5 Å². The van der Waals surface area contributed by atoms with Gasteiger partial charge in [-0.15, -0.1) is 11.3 Å². The van der Waals surface area contributed by atoms with E-state index in [1.807, 2.05) is 0 Å². The van der Waals surface area contributed by atoms with E-state index in [9.17, 15) is 5.11 Å². The van der Waals surface area contributed by atoms with Crippen LogP contribution >= 0.6 is 22.9 Å². The summed E-state index contributed by atoms with van der Waals surface area (Å²) in [7, 11) is 0. The molecule has 0 saturated heterocycles. The maximum Gasteiger partial charge on any atom is 0.145 e. The zero-order chi connectivity index (χ0) is 9.47. The Morgan fingerprint density at radius 1 is 1.77 bits per heavy atom. The van der Waals surface area contributed by atoms with Crippen LogP contribution in [0.5, 0.6) is 0 Å². The molecule has 3 nitrogen and oxygen atoms in total. The first-order valence-corrected chi connectivity index (χ1v) is 5.42. The highest BCUT2D eigenvalue weighted by Crippen LogP contribution is 2.55. The zero-order valence-electron chi connectivity index (χ0n) is 7.03. The fraction of sp³-hybridized carbons (Fsp3) is 0.625. The molecule has 72 valence electrons. The topological polar surface area (TPSA) is 59.1 Å². The van der Waals surface area contributed by atoms with Crippen LogP contribution in [-0.2, 0) is 0 Å². The molecular weight excluding hydrogens is 208 g/mol. The van der Waals surface area contributed by atoms with Crippen molar-refractivity contribution in [1.29, 1.82) is 0 Å². The highest BCUT2D eigenvalue weighted by molar-refractivity contribution is 7.10. The standard InChI is InChI=1S/C8H11ClN2OS/c9-7-5(13-4-11-7)6(12)8(3-10)1-2-8/h4,6,12H,1-3,10H2. The van der Waals surface area contributed by atoms with Crippen LogP contribution in [0.3, 0.4) is 0 Å². The van der Waals surface area contributed by atoms with Gasteiger partial charge in [-0.2, -0.15) is 0 Å². The summed E-state index contributed by atoms with van der Waals surface area (Å²) in [4.78, 5) is 4.65. The number of hydrogen-bond acceptors (Lipinski definition) is 4. The number of aromatic nitrogens is 1. The van der Waals surface area contributed by atoms with Gasteiger partial charge < -0.3 is 10.8 Å².